The van der Waals surface area contributed by atoms with Crippen molar-refractivity contribution in [1.29, 1.82) is 0 Å². The fraction of sp³-hybridized carbons (Fsp3) is 0.263. The molecule has 136 valence electrons. The molecule has 0 saturated carbocycles. The quantitative estimate of drug-likeness (QED) is 0.723. The second kappa shape index (κ2) is 6.92. The zero-order chi connectivity index (χ0) is 18.9. The third kappa shape index (κ3) is 3.77. The number of anilines is 1. The molecule has 0 aliphatic heterocycles. The summed E-state index contributed by atoms with van der Waals surface area (Å²) in [5, 5.41) is 3.93. The van der Waals surface area contributed by atoms with Gasteiger partial charge in [-0.15, -0.1) is 0 Å². The van der Waals surface area contributed by atoms with E-state index in [4.69, 9.17) is 4.52 Å². The summed E-state index contributed by atoms with van der Waals surface area (Å²) in [6.07, 6.45) is 0. The van der Waals surface area contributed by atoms with Gasteiger partial charge in [0, 0.05) is 17.2 Å². The zero-order valence-electron chi connectivity index (χ0n) is 15.1. The summed E-state index contributed by atoms with van der Waals surface area (Å²) in [7, 11) is -3.65. The van der Waals surface area contributed by atoms with Gasteiger partial charge in [-0.25, -0.2) is 8.42 Å². The van der Waals surface area contributed by atoms with Gasteiger partial charge >= 0.3 is 0 Å². The van der Waals surface area contributed by atoms with Gasteiger partial charge in [-0.3, -0.25) is 4.72 Å². The maximum Gasteiger partial charge on any atom is 0.262 e. The highest BCUT2D eigenvalue weighted by Gasteiger charge is 2.17. The lowest BCUT2D eigenvalue weighted by atomic mass is 10.2. The highest BCUT2D eigenvalue weighted by molar-refractivity contribution is 7.92. The molecular weight excluding hydrogens is 350 g/mol. The molecule has 1 N–H and O–H groups in total. The molecule has 0 radical (unpaired) electrons. The topological polar surface area (TPSA) is 85.1 Å². The first-order chi connectivity index (χ1) is 12.3. The van der Waals surface area contributed by atoms with Crippen molar-refractivity contribution in [3.8, 4) is 11.5 Å². The van der Waals surface area contributed by atoms with Crippen LogP contribution in [0.1, 0.15) is 36.7 Å². The van der Waals surface area contributed by atoms with E-state index in [1.165, 1.54) is 0 Å². The smallest absolute Gasteiger partial charge is 0.262 e. The molecule has 0 spiro atoms. The normalized spacial score (nSPS) is 11.7. The Kier molecular flexibility index (Phi) is 4.82. The standard InChI is InChI=1S/C19H21N3O3S/c1-12(2)18-20-19(25-21-18)15-7-9-16(10-8-15)22-26(23,24)17-11-13(3)5-6-14(17)4/h5-12,22H,1-4H3. The lowest BCUT2D eigenvalue weighted by Crippen LogP contribution is -2.14. The van der Waals surface area contributed by atoms with E-state index >= 15 is 0 Å². The van der Waals surface area contributed by atoms with Crippen molar-refractivity contribution in [3.05, 3.63) is 59.4 Å². The van der Waals surface area contributed by atoms with Crippen molar-refractivity contribution in [3.63, 3.8) is 0 Å². The average Bonchev–Trinajstić information content (AvgIpc) is 3.07. The maximum absolute atomic E-state index is 12.7. The van der Waals surface area contributed by atoms with E-state index in [0.29, 0.717) is 23.0 Å². The third-order valence-corrected chi connectivity index (χ3v) is 5.50. The number of aromatic nitrogens is 2. The number of nitrogens with one attached hydrogen (secondary N) is 1. The van der Waals surface area contributed by atoms with Crippen molar-refractivity contribution in [1.82, 2.24) is 10.1 Å². The van der Waals surface area contributed by atoms with Gasteiger partial charge in [0.2, 0.25) is 0 Å². The molecule has 3 aromatic rings. The molecule has 0 saturated heterocycles. The molecule has 0 unspecified atom stereocenters. The van der Waals surface area contributed by atoms with Crippen molar-refractivity contribution < 1.29 is 12.9 Å². The fourth-order valence-electron chi connectivity index (χ4n) is 2.47. The second-order valence-electron chi connectivity index (χ2n) is 6.56. The number of nitrogens with zero attached hydrogens (tertiary/aromatic N) is 2. The van der Waals surface area contributed by atoms with E-state index in [9.17, 15) is 8.42 Å². The summed E-state index contributed by atoms with van der Waals surface area (Å²) in [5.41, 5.74) is 2.80. The SMILES string of the molecule is Cc1ccc(C)c(S(=O)(=O)Nc2ccc(-c3nc(C(C)C)no3)cc2)c1. The summed E-state index contributed by atoms with van der Waals surface area (Å²) in [5.74, 6) is 1.23. The van der Waals surface area contributed by atoms with Gasteiger partial charge in [0.15, 0.2) is 5.82 Å². The molecule has 0 bridgehead atoms. The van der Waals surface area contributed by atoms with Crippen LogP contribution in [0.3, 0.4) is 0 Å². The third-order valence-electron chi connectivity index (χ3n) is 3.98. The van der Waals surface area contributed by atoms with Gasteiger partial charge in [0.25, 0.3) is 15.9 Å². The van der Waals surface area contributed by atoms with Crippen molar-refractivity contribution in [2.24, 2.45) is 0 Å². The molecule has 1 heterocycles. The monoisotopic (exact) mass is 371 g/mol. The van der Waals surface area contributed by atoms with Gasteiger partial charge in [0.1, 0.15) is 0 Å². The van der Waals surface area contributed by atoms with Gasteiger partial charge in [0.05, 0.1) is 4.90 Å². The Hall–Kier alpha value is -2.67. The van der Waals surface area contributed by atoms with Crippen LogP contribution in [-0.4, -0.2) is 18.6 Å². The Morgan fingerprint density at radius 3 is 2.35 bits per heavy atom. The Labute approximate surface area is 153 Å². The molecule has 26 heavy (non-hydrogen) atoms. The van der Waals surface area contributed by atoms with Gasteiger partial charge < -0.3 is 4.52 Å². The Morgan fingerprint density at radius 2 is 1.73 bits per heavy atom. The summed E-state index contributed by atoms with van der Waals surface area (Å²) < 4.78 is 33.2. The Balaban J connectivity index is 1.83. The van der Waals surface area contributed by atoms with Crippen molar-refractivity contribution >= 4 is 15.7 Å². The molecule has 1 aromatic heterocycles. The molecule has 0 fully saturated rings. The fourth-order valence-corrected chi connectivity index (χ4v) is 3.86. The largest absolute Gasteiger partial charge is 0.334 e. The first kappa shape index (κ1) is 18.1. The van der Waals surface area contributed by atoms with E-state index in [1.54, 1.807) is 43.3 Å². The van der Waals surface area contributed by atoms with E-state index in [1.807, 2.05) is 26.8 Å². The lowest BCUT2D eigenvalue weighted by Gasteiger charge is -2.11. The molecule has 0 amide bonds. The van der Waals surface area contributed by atoms with E-state index in [-0.39, 0.29) is 10.8 Å². The number of aryl methyl sites for hydroxylation is 2. The predicted octanol–water partition coefficient (Wildman–Crippen LogP) is 4.28. The highest BCUT2D eigenvalue weighted by atomic mass is 32.2. The molecular formula is C19H21N3O3S. The van der Waals surface area contributed by atoms with Gasteiger partial charge in [-0.05, 0) is 55.3 Å². The van der Waals surface area contributed by atoms with Crippen molar-refractivity contribution in [2.45, 2.75) is 38.5 Å². The minimum atomic E-state index is -3.65. The molecule has 6 nitrogen and oxygen atoms in total. The number of sulfonamides is 1. The Bertz CT molecular complexity index is 1020. The molecule has 3 rings (SSSR count). The second-order valence-corrected chi connectivity index (χ2v) is 8.22. The summed E-state index contributed by atoms with van der Waals surface area (Å²) in [4.78, 5) is 4.61. The average molecular weight is 371 g/mol. The highest BCUT2D eigenvalue weighted by Crippen LogP contribution is 2.24. The van der Waals surface area contributed by atoms with E-state index < -0.39 is 10.0 Å². The number of rotatable bonds is 5. The zero-order valence-corrected chi connectivity index (χ0v) is 16.0. The summed E-state index contributed by atoms with van der Waals surface area (Å²) in [6.45, 7) is 7.61. The van der Waals surface area contributed by atoms with Crippen LogP contribution in [0.25, 0.3) is 11.5 Å². The van der Waals surface area contributed by atoms with Crippen LogP contribution < -0.4 is 4.72 Å². The molecule has 7 heteroatoms. The van der Waals surface area contributed by atoms with E-state index in [0.717, 1.165) is 11.1 Å². The number of hydrogen-bond donors (Lipinski definition) is 1. The summed E-state index contributed by atoms with van der Waals surface area (Å²) >= 11 is 0. The first-order valence-electron chi connectivity index (χ1n) is 8.30. The van der Waals surface area contributed by atoms with Crippen LogP contribution >= 0.6 is 0 Å². The minimum absolute atomic E-state index is 0.177. The molecule has 0 atom stereocenters. The first-order valence-corrected chi connectivity index (χ1v) is 9.79. The van der Waals surface area contributed by atoms with Crippen LogP contribution in [0.5, 0.6) is 0 Å². The maximum atomic E-state index is 12.7. The Morgan fingerprint density at radius 1 is 1.04 bits per heavy atom. The summed E-state index contributed by atoms with van der Waals surface area (Å²) in [6, 6.07) is 12.2. The van der Waals surface area contributed by atoms with Gasteiger partial charge in [-0.2, -0.15) is 4.98 Å². The minimum Gasteiger partial charge on any atom is -0.334 e. The van der Waals surface area contributed by atoms with Crippen LogP contribution in [-0.2, 0) is 10.0 Å². The lowest BCUT2D eigenvalue weighted by molar-refractivity contribution is 0.419. The molecule has 0 aliphatic carbocycles. The van der Waals surface area contributed by atoms with Crippen molar-refractivity contribution in [2.75, 3.05) is 4.72 Å². The predicted molar refractivity (Wildman–Crippen MR) is 101 cm³/mol. The number of hydrogen-bond acceptors (Lipinski definition) is 5. The van der Waals surface area contributed by atoms with Gasteiger partial charge in [-0.1, -0.05) is 31.1 Å². The molecule has 0 aliphatic rings. The van der Waals surface area contributed by atoms with Crippen LogP contribution in [0.2, 0.25) is 0 Å². The van der Waals surface area contributed by atoms with E-state index in [2.05, 4.69) is 14.9 Å². The van der Waals surface area contributed by atoms with Crippen LogP contribution in [0, 0.1) is 13.8 Å². The molecule has 2 aromatic carbocycles. The van der Waals surface area contributed by atoms with Crippen LogP contribution in [0.4, 0.5) is 5.69 Å². The number of benzene rings is 2. The van der Waals surface area contributed by atoms with Crippen LogP contribution in [0.15, 0.2) is 51.9 Å².